The molecule has 6 nitrogen and oxygen atoms in total. The quantitative estimate of drug-likeness (QED) is 0.582. The van der Waals surface area contributed by atoms with E-state index in [0.29, 0.717) is 48.4 Å². The van der Waals surface area contributed by atoms with Crippen molar-refractivity contribution < 1.29 is 13.7 Å². The second-order valence-electron chi connectivity index (χ2n) is 6.76. The van der Waals surface area contributed by atoms with E-state index in [9.17, 15) is 9.18 Å². The van der Waals surface area contributed by atoms with Crippen molar-refractivity contribution in [2.24, 2.45) is 0 Å². The third-order valence-electron chi connectivity index (χ3n) is 4.86. The van der Waals surface area contributed by atoms with Crippen LogP contribution in [0.2, 0.25) is 10.0 Å². The molecule has 3 aromatic rings. The Balaban J connectivity index is 1.36. The van der Waals surface area contributed by atoms with Crippen LogP contribution in [0.1, 0.15) is 24.7 Å². The van der Waals surface area contributed by atoms with E-state index in [4.69, 9.17) is 27.7 Å². The smallest absolute Gasteiger partial charge is 0.321 e. The van der Waals surface area contributed by atoms with Gasteiger partial charge in [0.1, 0.15) is 5.82 Å². The van der Waals surface area contributed by atoms with Gasteiger partial charge in [-0.1, -0.05) is 40.5 Å². The van der Waals surface area contributed by atoms with Crippen LogP contribution in [0.5, 0.6) is 0 Å². The second kappa shape index (κ2) is 8.39. The van der Waals surface area contributed by atoms with Gasteiger partial charge in [-0.3, -0.25) is 0 Å². The molecule has 29 heavy (non-hydrogen) atoms. The Morgan fingerprint density at radius 1 is 1.14 bits per heavy atom. The molecule has 1 aliphatic rings. The molecule has 1 N–H and O–H groups in total. The monoisotopic (exact) mass is 434 g/mol. The minimum atomic E-state index is -0.527. The van der Waals surface area contributed by atoms with Gasteiger partial charge in [0.25, 0.3) is 0 Å². The Morgan fingerprint density at radius 3 is 2.62 bits per heavy atom. The largest absolute Gasteiger partial charge is 0.339 e. The highest BCUT2D eigenvalue weighted by Gasteiger charge is 2.28. The van der Waals surface area contributed by atoms with Gasteiger partial charge in [-0.05, 0) is 43.2 Å². The molecule has 0 atom stereocenters. The van der Waals surface area contributed by atoms with Crippen molar-refractivity contribution in [3.63, 3.8) is 0 Å². The van der Waals surface area contributed by atoms with Crippen LogP contribution in [-0.2, 0) is 0 Å². The molecule has 4 rings (SSSR count). The van der Waals surface area contributed by atoms with Crippen molar-refractivity contribution in [1.82, 2.24) is 15.0 Å². The van der Waals surface area contributed by atoms with E-state index < -0.39 is 5.82 Å². The van der Waals surface area contributed by atoms with E-state index in [2.05, 4.69) is 15.5 Å². The molecule has 2 heterocycles. The second-order valence-corrected chi connectivity index (χ2v) is 7.57. The van der Waals surface area contributed by atoms with Crippen LogP contribution in [0.25, 0.3) is 11.4 Å². The topological polar surface area (TPSA) is 71.3 Å². The molecule has 1 aliphatic heterocycles. The zero-order chi connectivity index (χ0) is 20.4. The van der Waals surface area contributed by atoms with Crippen LogP contribution in [0, 0.1) is 5.82 Å². The van der Waals surface area contributed by atoms with Gasteiger partial charge in [0, 0.05) is 30.3 Å². The molecule has 0 bridgehead atoms. The molecule has 150 valence electrons. The first-order valence-electron chi connectivity index (χ1n) is 9.11. The molecule has 1 saturated heterocycles. The number of benzene rings is 2. The van der Waals surface area contributed by atoms with Crippen LogP contribution >= 0.6 is 23.2 Å². The van der Waals surface area contributed by atoms with E-state index in [1.54, 1.807) is 11.0 Å². The number of likely N-dealkylation sites (tertiary alicyclic amines) is 1. The first-order chi connectivity index (χ1) is 14.0. The zero-order valence-corrected chi connectivity index (χ0v) is 16.8. The number of hydrogen-bond acceptors (Lipinski definition) is 4. The SMILES string of the molecule is O=C(Nc1ccc(F)c(Cl)c1)N1CCC(c2nc(-c3ccccc3Cl)no2)CC1. The summed E-state index contributed by atoms with van der Waals surface area (Å²) in [5.74, 6) is 0.550. The Hall–Kier alpha value is -2.64. The highest BCUT2D eigenvalue weighted by atomic mass is 35.5. The average molecular weight is 435 g/mol. The number of rotatable bonds is 3. The van der Waals surface area contributed by atoms with Crippen LogP contribution in [0.15, 0.2) is 47.0 Å². The first kappa shape index (κ1) is 19.7. The predicted octanol–water partition coefficient (Wildman–Crippen LogP) is 5.59. The summed E-state index contributed by atoms with van der Waals surface area (Å²) in [6, 6.07) is 11.1. The van der Waals surface area contributed by atoms with E-state index in [1.807, 2.05) is 18.2 Å². The number of nitrogens with zero attached hydrogens (tertiary/aromatic N) is 3. The van der Waals surface area contributed by atoms with Crippen molar-refractivity contribution >= 4 is 34.9 Å². The number of anilines is 1. The molecule has 2 aromatic carbocycles. The summed E-state index contributed by atoms with van der Waals surface area (Å²) < 4.78 is 18.7. The number of hydrogen-bond donors (Lipinski definition) is 1. The van der Waals surface area contributed by atoms with Crippen molar-refractivity contribution in [2.45, 2.75) is 18.8 Å². The van der Waals surface area contributed by atoms with Crippen molar-refractivity contribution in [1.29, 1.82) is 0 Å². The lowest BCUT2D eigenvalue weighted by Crippen LogP contribution is -2.40. The number of nitrogens with one attached hydrogen (secondary N) is 1. The Labute approximate surface area is 176 Å². The summed E-state index contributed by atoms with van der Waals surface area (Å²) in [7, 11) is 0. The van der Waals surface area contributed by atoms with E-state index in [1.165, 1.54) is 18.2 Å². The summed E-state index contributed by atoms with van der Waals surface area (Å²) in [6.45, 7) is 1.07. The summed E-state index contributed by atoms with van der Waals surface area (Å²) in [4.78, 5) is 18.6. The number of piperidine rings is 1. The minimum Gasteiger partial charge on any atom is -0.339 e. The van der Waals surface area contributed by atoms with E-state index in [-0.39, 0.29) is 17.0 Å². The molecule has 0 unspecified atom stereocenters. The molecule has 0 spiro atoms. The number of amides is 2. The van der Waals surface area contributed by atoms with Gasteiger partial charge in [0.05, 0.1) is 10.0 Å². The number of urea groups is 1. The molecule has 0 aliphatic carbocycles. The average Bonchev–Trinajstić information content (AvgIpc) is 3.21. The number of aromatic nitrogens is 2. The third kappa shape index (κ3) is 4.36. The van der Waals surface area contributed by atoms with E-state index in [0.717, 1.165) is 5.56 Å². The summed E-state index contributed by atoms with van der Waals surface area (Å²) >= 11 is 11.9. The fourth-order valence-electron chi connectivity index (χ4n) is 3.26. The van der Waals surface area contributed by atoms with Gasteiger partial charge in [0.15, 0.2) is 0 Å². The molecule has 0 saturated carbocycles. The van der Waals surface area contributed by atoms with Gasteiger partial charge in [-0.2, -0.15) is 4.98 Å². The summed E-state index contributed by atoms with van der Waals surface area (Å²) in [5.41, 5.74) is 1.17. The van der Waals surface area contributed by atoms with E-state index >= 15 is 0 Å². The highest BCUT2D eigenvalue weighted by Crippen LogP contribution is 2.31. The fourth-order valence-corrected chi connectivity index (χ4v) is 3.66. The standard InChI is InChI=1S/C20H17Cl2FN4O2/c21-15-4-2-1-3-14(15)18-25-19(29-26-18)12-7-9-27(10-8-12)20(28)24-13-5-6-17(23)16(22)11-13/h1-6,11-12H,7-10H2,(H,24,28). The van der Waals surface area contributed by atoms with Crippen molar-refractivity contribution in [3.8, 4) is 11.4 Å². The maximum atomic E-state index is 13.2. The number of carbonyl (C=O) groups is 1. The van der Waals surface area contributed by atoms with Gasteiger partial charge in [-0.25, -0.2) is 9.18 Å². The van der Waals surface area contributed by atoms with Gasteiger partial charge in [-0.15, -0.1) is 0 Å². The number of halogens is 3. The van der Waals surface area contributed by atoms with Crippen molar-refractivity contribution in [2.75, 3.05) is 18.4 Å². The van der Waals surface area contributed by atoms with Crippen LogP contribution in [0.4, 0.5) is 14.9 Å². The minimum absolute atomic E-state index is 0.0350. The van der Waals surface area contributed by atoms with Gasteiger partial charge < -0.3 is 14.7 Å². The molecular formula is C20H17Cl2FN4O2. The highest BCUT2D eigenvalue weighted by molar-refractivity contribution is 6.33. The van der Waals surface area contributed by atoms with Crippen LogP contribution in [0.3, 0.4) is 0 Å². The summed E-state index contributed by atoms with van der Waals surface area (Å²) in [5, 5.41) is 7.30. The molecule has 1 aromatic heterocycles. The van der Waals surface area contributed by atoms with Gasteiger partial charge >= 0.3 is 6.03 Å². The summed E-state index contributed by atoms with van der Waals surface area (Å²) in [6.07, 6.45) is 1.39. The van der Waals surface area contributed by atoms with Crippen LogP contribution < -0.4 is 5.32 Å². The lowest BCUT2D eigenvalue weighted by molar-refractivity contribution is 0.187. The predicted molar refractivity (Wildman–Crippen MR) is 109 cm³/mol. The fraction of sp³-hybridized carbons (Fsp3) is 0.250. The van der Waals surface area contributed by atoms with Gasteiger partial charge in [0.2, 0.25) is 11.7 Å². The first-order valence-corrected chi connectivity index (χ1v) is 9.86. The van der Waals surface area contributed by atoms with Crippen molar-refractivity contribution in [3.05, 3.63) is 64.2 Å². The number of carbonyl (C=O) groups excluding carboxylic acids is 1. The molecular weight excluding hydrogens is 418 g/mol. The normalized spacial score (nSPS) is 14.8. The maximum absolute atomic E-state index is 13.2. The van der Waals surface area contributed by atoms with Crippen LogP contribution in [-0.4, -0.2) is 34.2 Å². The molecule has 1 fully saturated rings. The molecule has 9 heteroatoms. The Kier molecular flexibility index (Phi) is 5.69. The maximum Gasteiger partial charge on any atom is 0.321 e. The Morgan fingerprint density at radius 2 is 1.90 bits per heavy atom. The third-order valence-corrected chi connectivity index (χ3v) is 5.48. The molecule has 2 amide bonds. The zero-order valence-electron chi connectivity index (χ0n) is 15.2. The Bertz CT molecular complexity index is 1030. The lowest BCUT2D eigenvalue weighted by Gasteiger charge is -2.30. The molecule has 0 radical (unpaired) electrons. The lowest BCUT2D eigenvalue weighted by atomic mass is 9.97.